The summed E-state index contributed by atoms with van der Waals surface area (Å²) in [6, 6.07) is 9.96. The number of benzene rings is 2. The predicted molar refractivity (Wildman–Crippen MR) is 86.5 cm³/mol. The lowest BCUT2D eigenvalue weighted by molar-refractivity contribution is -0.123. The standard InChI is InChI=1S/C15H14ClFN2O4S/c1-10-4-2-3-5-14(10)23-9-15(20)18-19-24(21,22)11-6-7-13(17)12(16)8-11/h2-8,19H,9H2,1H3,(H,18,20). The Morgan fingerprint density at radius 1 is 1.25 bits per heavy atom. The van der Waals surface area contributed by atoms with Crippen LogP contribution in [-0.4, -0.2) is 20.9 Å². The van der Waals surface area contributed by atoms with E-state index in [0.717, 1.165) is 23.8 Å². The summed E-state index contributed by atoms with van der Waals surface area (Å²) >= 11 is 5.54. The summed E-state index contributed by atoms with van der Waals surface area (Å²) in [5.74, 6) is -0.929. The molecule has 9 heteroatoms. The molecule has 24 heavy (non-hydrogen) atoms. The van der Waals surface area contributed by atoms with Gasteiger partial charge in [-0.2, -0.15) is 0 Å². The number of para-hydroxylation sites is 1. The van der Waals surface area contributed by atoms with Crippen molar-refractivity contribution in [2.75, 3.05) is 6.61 Å². The lowest BCUT2D eigenvalue weighted by Gasteiger charge is -2.11. The van der Waals surface area contributed by atoms with Gasteiger partial charge < -0.3 is 4.74 Å². The minimum absolute atomic E-state index is 0.283. The highest BCUT2D eigenvalue weighted by molar-refractivity contribution is 7.89. The summed E-state index contributed by atoms with van der Waals surface area (Å²) in [5, 5.41) is -0.341. The number of nitrogens with one attached hydrogen (secondary N) is 2. The molecule has 0 spiro atoms. The largest absolute Gasteiger partial charge is 0.483 e. The number of ether oxygens (including phenoxy) is 1. The zero-order chi connectivity index (χ0) is 17.7. The van der Waals surface area contributed by atoms with E-state index < -0.39 is 21.7 Å². The van der Waals surface area contributed by atoms with E-state index >= 15 is 0 Å². The Kier molecular flexibility index (Phi) is 5.76. The second-order valence-electron chi connectivity index (χ2n) is 4.78. The first-order chi connectivity index (χ1) is 11.3. The number of hydrazine groups is 1. The number of hydrogen-bond acceptors (Lipinski definition) is 4. The molecule has 0 bridgehead atoms. The van der Waals surface area contributed by atoms with Gasteiger partial charge in [-0.25, -0.2) is 12.8 Å². The molecule has 0 heterocycles. The smallest absolute Gasteiger partial charge is 0.272 e. The van der Waals surface area contributed by atoms with E-state index in [2.05, 4.69) is 0 Å². The van der Waals surface area contributed by atoms with Crippen LogP contribution in [0.3, 0.4) is 0 Å². The number of rotatable bonds is 6. The summed E-state index contributed by atoms with van der Waals surface area (Å²) < 4.78 is 42.3. The van der Waals surface area contributed by atoms with Crippen molar-refractivity contribution in [1.29, 1.82) is 0 Å². The monoisotopic (exact) mass is 372 g/mol. The van der Waals surface area contributed by atoms with E-state index in [4.69, 9.17) is 16.3 Å². The van der Waals surface area contributed by atoms with E-state index in [1.54, 1.807) is 12.1 Å². The molecule has 0 radical (unpaired) electrons. The Bertz CT molecular complexity index is 858. The molecule has 0 aliphatic heterocycles. The number of carbonyl (C=O) groups is 1. The first-order valence-electron chi connectivity index (χ1n) is 6.74. The fourth-order valence-corrected chi connectivity index (χ4v) is 2.86. The summed E-state index contributed by atoms with van der Waals surface area (Å²) in [6.07, 6.45) is 0. The summed E-state index contributed by atoms with van der Waals surface area (Å²) in [4.78, 5) is 13.3. The third-order valence-electron chi connectivity index (χ3n) is 2.98. The van der Waals surface area contributed by atoms with Crippen LogP contribution in [0.2, 0.25) is 5.02 Å². The van der Waals surface area contributed by atoms with Crippen molar-refractivity contribution in [2.24, 2.45) is 0 Å². The van der Waals surface area contributed by atoms with Crippen molar-refractivity contribution < 1.29 is 22.3 Å². The van der Waals surface area contributed by atoms with Crippen LogP contribution < -0.4 is 15.0 Å². The molecule has 1 amide bonds. The molecule has 0 saturated heterocycles. The molecule has 0 aliphatic rings. The van der Waals surface area contributed by atoms with Gasteiger partial charge in [-0.3, -0.25) is 10.2 Å². The highest BCUT2D eigenvalue weighted by Crippen LogP contribution is 2.19. The fourth-order valence-electron chi connectivity index (χ4n) is 1.72. The van der Waals surface area contributed by atoms with Crippen molar-refractivity contribution in [2.45, 2.75) is 11.8 Å². The first-order valence-corrected chi connectivity index (χ1v) is 8.60. The average molecular weight is 373 g/mol. The molecule has 128 valence electrons. The van der Waals surface area contributed by atoms with Gasteiger partial charge in [-0.15, -0.1) is 4.83 Å². The molecule has 0 aromatic heterocycles. The molecule has 0 atom stereocenters. The van der Waals surface area contributed by atoms with Gasteiger partial charge in [-0.05, 0) is 36.8 Å². The van der Waals surface area contributed by atoms with Gasteiger partial charge in [0.15, 0.2) is 6.61 Å². The lowest BCUT2D eigenvalue weighted by atomic mass is 10.2. The lowest BCUT2D eigenvalue weighted by Crippen LogP contribution is -2.43. The van der Waals surface area contributed by atoms with Gasteiger partial charge in [0.1, 0.15) is 11.6 Å². The Morgan fingerprint density at radius 3 is 2.62 bits per heavy atom. The third-order valence-corrected chi connectivity index (χ3v) is 4.51. The van der Waals surface area contributed by atoms with Gasteiger partial charge in [0.05, 0.1) is 9.92 Å². The second kappa shape index (κ2) is 7.61. The Labute approximate surface area is 143 Å². The third kappa shape index (κ3) is 4.67. The van der Waals surface area contributed by atoms with Crippen molar-refractivity contribution >= 4 is 27.5 Å². The van der Waals surface area contributed by atoms with Crippen LogP contribution in [0, 0.1) is 12.7 Å². The maximum atomic E-state index is 13.1. The number of aryl methyl sites for hydroxylation is 1. The molecule has 0 saturated carbocycles. The van der Waals surface area contributed by atoms with Crippen molar-refractivity contribution in [3.8, 4) is 5.75 Å². The highest BCUT2D eigenvalue weighted by Gasteiger charge is 2.17. The maximum Gasteiger partial charge on any atom is 0.272 e. The topological polar surface area (TPSA) is 84.5 Å². The van der Waals surface area contributed by atoms with Crippen LogP contribution in [0.5, 0.6) is 5.75 Å². The van der Waals surface area contributed by atoms with Gasteiger partial charge in [-0.1, -0.05) is 29.8 Å². The van der Waals surface area contributed by atoms with Crippen LogP contribution in [0.1, 0.15) is 5.56 Å². The Hall–Kier alpha value is -2.16. The molecule has 2 rings (SSSR count). The zero-order valence-electron chi connectivity index (χ0n) is 12.5. The number of halogens is 2. The van der Waals surface area contributed by atoms with E-state index in [0.29, 0.717) is 5.75 Å². The molecule has 0 fully saturated rings. The fraction of sp³-hybridized carbons (Fsp3) is 0.133. The van der Waals surface area contributed by atoms with Crippen LogP contribution in [0.25, 0.3) is 0 Å². The minimum Gasteiger partial charge on any atom is -0.483 e. The van der Waals surface area contributed by atoms with Crippen LogP contribution in [0.15, 0.2) is 47.4 Å². The van der Waals surface area contributed by atoms with Crippen LogP contribution >= 0.6 is 11.6 Å². The van der Waals surface area contributed by atoms with E-state index in [9.17, 15) is 17.6 Å². The second-order valence-corrected chi connectivity index (χ2v) is 6.87. The van der Waals surface area contributed by atoms with Gasteiger partial charge in [0.2, 0.25) is 0 Å². The van der Waals surface area contributed by atoms with Crippen molar-refractivity contribution in [1.82, 2.24) is 10.3 Å². The van der Waals surface area contributed by atoms with Gasteiger partial charge in [0, 0.05) is 0 Å². The van der Waals surface area contributed by atoms with Gasteiger partial charge >= 0.3 is 0 Å². The normalized spacial score (nSPS) is 11.1. The van der Waals surface area contributed by atoms with Crippen molar-refractivity contribution in [3.05, 3.63) is 58.9 Å². The molecular weight excluding hydrogens is 359 g/mol. The Morgan fingerprint density at radius 2 is 1.96 bits per heavy atom. The number of amides is 1. The molecule has 6 nitrogen and oxygen atoms in total. The van der Waals surface area contributed by atoms with Gasteiger partial charge in [0.25, 0.3) is 15.9 Å². The molecular formula is C15H14ClFN2O4S. The SMILES string of the molecule is Cc1ccccc1OCC(=O)NNS(=O)(=O)c1ccc(F)c(Cl)c1. The number of carbonyl (C=O) groups excluding carboxylic acids is 1. The summed E-state index contributed by atoms with van der Waals surface area (Å²) in [7, 11) is -4.07. The minimum atomic E-state index is -4.07. The highest BCUT2D eigenvalue weighted by atomic mass is 35.5. The average Bonchev–Trinajstić information content (AvgIpc) is 2.54. The van der Waals surface area contributed by atoms with E-state index in [1.807, 2.05) is 29.3 Å². The van der Waals surface area contributed by atoms with E-state index in [-0.39, 0.29) is 16.5 Å². The number of sulfonamides is 1. The Balaban J connectivity index is 1.93. The summed E-state index contributed by atoms with van der Waals surface area (Å²) in [5.41, 5.74) is 2.85. The van der Waals surface area contributed by atoms with Crippen molar-refractivity contribution in [3.63, 3.8) is 0 Å². The van der Waals surface area contributed by atoms with Crippen LogP contribution in [-0.2, 0) is 14.8 Å². The molecule has 0 unspecified atom stereocenters. The first kappa shape index (κ1) is 18.2. The zero-order valence-corrected chi connectivity index (χ0v) is 14.1. The van der Waals surface area contributed by atoms with Crippen LogP contribution in [0.4, 0.5) is 4.39 Å². The molecule has 2 aromatic rings. The van der Waals surface area contributed by atoms with E-state index in [1.165, 1.54) is 0 Å². The maximum absolute atomic E-state index is 13.1. The molecule has 2 aromatic carbocycles. The molecule has 2 N–H and O–H groups in total. The molecule has 0 aliphatic carbocycles. The number of hydrogen-bond donors (Lipinski definition) is 2. The summed E-state index contributed by atoms with van der Waals surface area (Å²) in [6.45, 7) is 1.44. The predicted octanol–water partition coefficient (Wildman–Crippen LogP) is 2.18. The quantitative estimate of drug-likeness (QED) is 0.761.